The first-order valence-electron chi connectivity index (χ1n) is 10.0. The minimum Gasteiger partial charge on any atom is -0.399 e. The van der Waals surface area contributed by atoms with Crippen molar-refractivity contribution in [3.05, 3.63) is 24.3 Å². The van der Waals surface area contributed by atoms with Gasteiger partial charge in [-0.3, -0.25) is 0 Å². The zero-order valence-electron chi connectivity index (χ0n) is 17.7. The lowest BCUT2D eigenvalue weighted by Gasteiger charge is -2.34. The molecule has 0 aliphatic carbocycles. The summed E-state index contributed by atoms with van der Waals surface area (Å²) in [5.41, 5.74) is 1.74. The fourth-order valence-electron chi connectivity index (χ4n) is 3.81. The van der Waals surface area contributed by atoms with Crippen molar-refractivity contribution in [2.45, 2.75) is 64.4 Å². The molecular formula is C21H34BNO4. The normalized spacial score (nSPS) is 22.6. The molecule has 3 rings (SSSR count). The first kappa shape index (κ1) is 20.7. The molecule has 0 bridgehead atoms. The molecule has 2 fully saturated rings. The molecule has 2 saturated heterocycles. The molecule has 0 N–H and O–H groups in total. The largest absolute Gasteiger partial charge is 0.494 e. The van der Waals surface area contributed by atoms with Crippen LogP contribution in [0.5, 0.6) is 0 Å². The van der Waals surface area contributed by atoms with E-state index in [1.807, 2.05) is 0 Å². The monoisotopic (exact) mass is 375 g/mol. The molecule has 2 aliphatic heterocycles. The van der Waals surface area contributed by atoms with Gasteiger partial charge in [-0.1, -0.05) is 12.1 Å². The Bertz CT molecular complexity index is 591. The number of hydrogen-bond acceptors (Lipinski definition) is 5. The van der Waals surface area contributed by atoms with Gasteiger partial charge < -0.3 is 23.7 Å². The highest BCUT2D eigenvalue weighted by atomic mass is 16.7. The molecule has 0 amide bonds. The fraction of sp³-hybridized carbons (Fsp3) is 0.714. The molecule has 0 radical (unpaired) electrons. The lowest BCUT2D eigenvalue weighted by atomic mass is 9.79. The van der Waals surface area contributed by atoms with Crippen LogP contribution in [0.2, 0.25) is 0 Å². The van der Waals surface area contributed by atoms with Crippen molar-refractivity contribution in [1.82, 2.24) is 0 Å². The molecule has 5 nitrogen and oxygen atoms in total. The Labute approximate surface area is 164 Å². The first-order valence-corrected chi connectivity index (χ1v) is 10.0. The van der Waals surface area contributed by atoms with E-state index in [9.17, 15) is 0 Å². The summed E-state index contributed by atoms with van der Waals surface area (Å²) in [7, 11) is 3.13. The van der Waals surface area contributed by atoms with Crippen molar-refractivity contribution in [3.63, 3.8) is 0 Å². The van der Waals surface area contributed by atoms with Crippen LogP contribution in [0.15, 0.2) is 24.3 Å². The SMILES string of the molecule is COC(CC1CCN(c2ccc(B3OC(C)(C)C(C)(C)O3)cc2)CC1)OC. The van der Waals surface area contributed by atoms with Crippen molar-refractivity contribution >= 4 is 18.3 Å². The topological polar surface area (TPSA) is 40.2 Å². The minimum absolute atomic E-state index is 0.0826. The molecule has 150 valence electrons. The van der Waals surface area contributed by atoms with Crippen LogP contribution in [0.4, 0.5) is 5.69 Å². The second-order valence-corrected chi connectivity index (χ2v) is 8.75. The first-order chi connectivity index (χ1) is 12.8. The standard InChI is InChI=1S/C21H34BNO4/c1-20(2)21(3,4)27-22(26-20)17-7-9-18(10-8-17)23-13-11-16(12-14-23)15-19(24-5)25-6/h7-10,16,19H,11-15H2,1-6H3. The Morgan fingerprint density at radius 3 is 2.00 bits per heavy atom. The Morgan fingerprint density at radius 2 is 1.52 bits per heavy atom. The molecule has 27 heavy (non-hydrogen) atoms. The number of methoxy groups -OCH3 is 2. The third kappa shape index (κ3) is 4.50. The summed E-state index contributed by atoms with van der Waals surface area (Å²) >= 11 is 0. The van der Waals surface area contributed by atoms with Crippen LogP contribution in [0.1, 0.15) is 47.0 Å². The Balaban J connectivity index is 1.56. The summed E-state index contributed by atoms with van der Waals surface area (Å²) in [6.07, 6.45) is 3.23. The van der Waals surface area contributed by atoms with E-state index in [1.54, 1.807) is 14.2 Å². The van der Waals surface area contributed by atoms with E-state index in [0.29, 0.717) is 5.92 Å². The van der Waals surface area contributed by atoms with Crippen molar-refractivity contribution < 1.29 is 18.8 Å². The van der Waals surface area contributed by atoms with Gasteiger partial charge in [0.15, 0.2) is 6.29 Å². The third-order valence-electron chi connectivity index (χ3n) is 6.45. The van der Waals surface area contributed by atoms with E-state index < -0.39 is 0 Å². The molecule has 0 spiro atoms. The molecule has 2 heterocycles. The van der Waals surface area contributed by atoms with Gasteiger partial charge in [0.05, 0.1) is 11.2 Å². The number of rotatable bonds is 6. The Hall–Kier alpha value is -1.08. The van der Waals surface area contributed by atoms with Gasteiger partial charge in [0, 0.05) is 39.4 Å². The predicted molar refractivity (Wildman–Crippen MR) is 110 cm³/mol. The fourth-order valence-corrected chi connectivity index (χ4v) is 3.81. The Morgan fingerprint density at radius 1 is 1.00 bits per heavy atom. The van der Waals surface area contributed by atoms with Crippen LogP contribution < -0.4 is 10.4 Å². The highest BCUT2D eigenvalue weighted by Crippen LogP contribution is 2.36. The molecule has 0 unspecified atom stereocenters. The van der Waals surface area contributed by atoms with Crippen molar-refractivity contribution in [2.75, 3.05) is 32.2 Å². The van der Waals surface area contributed by atoms with E-state index in [2.05, 4.69) is 56.9 Å². The van der Waals surface area contributed by atoms with Gasteiger partial charge >= 0.3 is 7.12 Å². The number of anilines is 1. The summed E-state index contributed by atoms with van der Waals surface area (Å²) in [6, 6.07) is 8.65. The van der Waals surface area contributed by atoms with Crippen LogP contribution in [0, 0.1) is 5.92 Å². The quantitative estimate of drug-likeness (QED) is 0.564. The smallest absolute Gasteiger partial charge is 0.399 e. The van der Waals surface area contributed by atoms with Crippen molar-refractivity contribution in [2.24, 2.45) is 5.92 Å². The van der Waals surface area contributed by atoms with Crippen molar-refractivity contribution in [3.8, 4) is 0 Å². The number of piperidine rings is 1. The van der Waals surface area contributed by atoms with Gasteiger partial charge in [0.1, 0.15) is 0 Å². The zero-order valence-corrected chi connectivity index (χ0v) is 17.7. The van der Waals surface area contributed by atoms with Crippen molar-refractivity contribution in [1.29, 1.82) is 0 Å². The molecule has 1 aromatic carbocycles. The van der Waals surface area contributed by atoms with E-state index >= 15 is 0 Å². The summed E-state index contributed by atoms with van der Waals surface area (Å²) in [6.45, 7) is 10.5. The Kier molecular flexibility index (Phi) is 6.21. The van der Waals surface area contributed by atoms with Crippen LogP contribution in [-0.2, 0) is 18.8 Å². The van der Waals surface area contributed by atoms with Gasteiger partial charge in [-0.25, -0.2) is 0 Å². The zero-order chi connectivity index (χ0) is 19.7. The highest BCUT2D eigenvalue weighted by molar-refractivity contribution is 6.62. The number of benzene rings is 1. The van der Waals surface area contributed by atoms with Gasteiger partial charge in [-0.15, -0.1) is 0 Å². The average Bonchev–Trinajstić information content (AvgIpc) is 2.88. The highest BCUT2D eigenvalue weighted by Gasteiger charge is 2.51. The minimum atomic E-state index is -0.305. The maximum atomic E-state index is 6.15. The second-order valence-electron chi connectivity index (χ2n) is 8.75. The van der Waals surface area contributed by atoms with Gasteiger partial charge in [0.25, 0.3) is 0 Å². The van der Waals surface area contributed by atoms with E-state index in [1.165, 1.54) is 18.5 Å². The molecule has 1 aromatic rings. The summed E-state index contributed by atoms with van der Waals surface area (Å²) in [5.74, 6) is 0.662. The lowest BCUT2D eigenvalue weighted by molar-refractivity contribution is -0.115. The van der Waals surface area contributed by atoms with Crippen LogP contribution >= 0.6 is 0 Å². The van der Waals surface area contributed by atoms with E-state index in [-0.39, 0.29) is 24.6 Å². The number of hydrogen-bond donors (Lipinski definition) is 0. The number of ether oxygens (including phenoxy) is 2. The van der Waals surface area contributed by atoms with Gasteiger partial charge in [-0.2, -0.15) is 0 Å². The summed E-state index contributed by atoms with van der Waals surface area (Å²) in [4.78, 5) is 2.46. The molecule has 0 atom stereocenters. The summed E-state index contributed by atoms with van der Waals surface area (Å²) in [5, 5.41) is 0. The second kappa shape index (κ2) is 8.12. The molecule has 6 heteroatoms. The molecular weight excluding hydrogens is 341 g/mol. The molecule has 0 saturated carbocycles. The van der Waals surface area contributed by atoms with E-state index in [4.69, 9.17) is 18.8 Å². The van der Waals surface area contributed by atoms with Crippen LogP contribution in [-0.4, -0.2) is 51.9 Å². The molecule has 2 aliphatic rings. The van der Waals surface area contributed by atoms with E-state index in [0.717, 1.165) is 25.0 Å². The van der Waals surface area contributed by atoms with Gasteiger partial charge in [0.2, 0.25) is 0 Å². The maximum absolute atomic E-state index is 6.15. The number of nitrogens with zero attached hydrogens (tertiary/aromatic N) is 1. The predicted octanol–water partition coefficient (Wildman–Crippen LogP) is 3.21. The maximum Gasteiger partial charge on any atom is 0.494 e. The molecule has 0 aromatic heterocycles. The lowest BCUT2D eigenvalue weighted by Crippen LogP contribution is -2.41. The van der Waals surface area contributed by atoms with Crippen LogP contribution in [0.3, 0.4) is 0 Å². The van der Waals surface area contributed by atoms with Crippen LogP contribution in [0.25, 0.3) is 0 Å². The average molecular weight is 375 g/mol. The summed E-state index contributed by atoms with van der Waals surface area (Å²) < 4.78 is 23.0. The third-order valence-corrected chi connectivity index (χ3v) is 6.45. The van der Waals surface area contributed by atoms with Gasteiger partial charge in [-0.05, 0) is 64.1 Å².